The Balaban J connectivity index is 1.58. The fourth-order valence-electron chi connectivity index (χ4n) is 2.88. The first-order valence-electron chi connectivity index (χ1n) is 9.02. The van der Waals surface area contributed by atoms with E-state index in [-0.39, 0.29) is 29.7 Å². The third-order valence-electron chi connectivity index (χ3n) is 4.15. The second kappa shape index (κ2) is 8.44. The zero-order valence-electron chi connectivity index (χ0n) is 15.8. The molecule has 7 nitrogen and oxygen atoms in total. The maximum atomic E-state index is 12.2. The van der Waals surface area contributed by atoms with Crippen molar-refractivity contribution < 1.29 is 13.9 Å². The number of amides is 1. The average molecular weight is 379 g/mol. The summed E-state index contributed by atoms with van der Waals surface area (Å²) in [4.78, 5) is 24.3. The highest BCUT2D eigenvalue weighted by Crippen LogP contribution is 2.17. The van der Waals surface area contributed by atoms with Crippen molar-refractivity contribution in [2.75, 3.05) is 6.54 Å². The average Bonchev–Trinajstić information content (AvgIpc) is 2.98. The topological polar surface area (TPSA) is 97.3 Å². The SMILES string of the molecule is CC(C)Oc1ccc(CCNC(=O)Cn2c(=O)oc3c(C#N)cccc32)cc1. The number of ether oxygens (including phenoxy) is 1. The number of fused-ring (bicyclic) bond motifs is 1. The van der Waals surface area contributed by atoms with E-state index in [2.05, 4.69) is 5.32 Å². The van der Waals surface area contributed by atoms with Crippen molar-refractivity contribution in [1.29, 1.82) is 5.26 Å². The highest BCUT2D eigenvalue weighted by atomic mass is 16.5. The summed E-state index contributed by atoms with van der Waals surface area (Å²) in [5.41, 5.74) is 1.96. The van der Waals surface area contributed by atoms with Crippen molar-refractivity contribution in [3.05, 3.63) is 64.1 Å². The molecule has 3 rings (SSSR count). The van der Waals surface area contributed by atoms with Crippen LogP contribution in [0.1, 0.15) is 25.0 Å². The summed E-state index contributed by atoms with van der Waals surface area (Å²) in [7, 11) is 0. The van der Waals surface area contributed by atoms with Crippen molar-refractivity contribution in [2.24, 2.45) is 0 Å². The van der Waals surface area contributed by atoms with Crippen molar-refractivity contribution in [3.8, 4) is 11.8 Å². The van der Waals surface area contributed by atoms with E-state index in [0.717, 1.165) is 11.3 Å². The highest BCUT2D eigenvalue weighted by Gasteiger charge is 2.15. The summed E-state index contributed by atoms with van der Waals surface area (Å²) in [6, 6.07) is 14.6. The van der Waals surface area contributed by atoms with Gasteiger partial charge >= 0.3 is 5.76 Å². The van der Waals surface area contributed by atoms with Crippen LogP contribution < -0.4 is 15.8 Å². The lowest BCUT2D eigenvalue weighted by Gasteiger charge is -2.10. The van der Waals surface area contributed by atoms with E-state index in [1.165, 1.54) is 4.57 Å². The second-order valence-corrected chi connectivity index (χ2v) is 6.63. The number of hydrogen-bond acceptors (Lipinski definition) is 5. The van der Waals surface area contributed by atoms with E-state index in [4.69, 9.17) is 14.4 Å². The summed E-state index contributed by atoms with van der Waals surface area (Å²) in [6.45, 7) is 4.22. The van der Waals surface area contributed by atoms with Crippen molar-refractivity contribution in [3.63, 3.8) is 0 Å². The zero-order chi connectivity index (χ0) is 20.1. The zero-order valence-corrected chi connectivity index (χ0v) is 15.8. The Bertz CT molecular complexity index is 1070. The molecule has 0 aliphatic carbocycles. The molecule has 144 valence electrons. The maximum absolute atomic E-state index is 12.2. The minimum absolute atomic E-state index is 0.122. The monoisotopic (exact) mass is 379 g/mol. The molecule has 0 aliphatic rings. The van der Waals surface area contributed by atoms with Crippen molar-refractivity contribution in [1.82, 2.24) is 9.88 Å². The third-order valence-corrected chi connectivity index (χ3v) is 4.15. The van der Waals surface area contributed by atoms with Crippen LogP contribution in [0.4, 0.5) is 0 Å². The Hall–Kier alpha value is -3.53. The third kappa shape index (κ3) is 4.41. The number of nitrogens with zero attached hydrogens (tertiary/aromatic N) is 2. The maximum Gasteiger partial charge on any atom is 0.420 e. The number of nitrogens with one attached hydrogen (secondary N) is 1. The molecule has 0 unspecified atom stereocenters. The standard InChI is InChI=1S/C21H21N3O4/c1-14(2)27-17-8-6-15(7-9-17)10-11-23-19(25)13-24-18-5-3-4-16(12-22)20(18)28-21(24)26/h3-9,14H,10-11,13H2,1-2H3,(H,23,25). The smallest absolute Gasteiger partial charge is 0.420 e. The molecule has 0 saturated heterocycles. The van der Waals surface area contributed by atoms with E-state index < -0.39 is 5.76 Å². The molecule has 1 heterocycles. The summed E-state index contributed by atoms with van der Waals surface area (Å²) >= 11 is 0. The summed E-state index contributed by atoms with van der Waals surface area (Å²) in [5, 5.41) is 11.9. The van der Waals surface area contributed by atoms with Crippen molar-refractivity contribution in [2.45, 2.75) is 32.9 Å². The number of carbonyl (C=O) groups is 1. The van der Waals surface area contributed by atoms with Crippen LogP contribution in [0.15, 0.2) is 51.7 Å². The van der Waals surface area contributed by atoms with E-state index >= 15 is 0 Å². The van der Waals surface area contributed by atoms with Crippen LogP contribution in [-0.2, 0) is 17.8 Å². The van der Waals surface area contributed by atoms with E-state index in [1.807, 2.05) is 44.2 Å². The number of benzene rings is 2. The minimum Gasteiger partial charge on any atom is -0.491 e. The minimum atomic E-state index is -0.659. The van der Waals surface area contributed by atoms with Gasteiger partial charge in [-0.2, -0.15) is 5.26 Å². The van der Waals surface area contributed by atoms with E-state index in [9.17, 15) is 9.59 Å². The van der Waals surface area contributed by atoms with Crippen LogP contribution in [0.5, 0.6) is 5.75 Å². The lowest BCUT2D eigenvalue weighted by molar-refractivity contribution is -0.121. The molecule has 28 heavy (non-hydrogen) atoms. The Labute approximate surface area is 162 Å². The van der Waals surface area contributed by atoms with Gasteiger partial charge in [0.2, 0.25) is 5.91 Å². The first-order valence-corrected chi connectivity index (χ1v) is 9.02. The fraction of sp³-hybridized carbons (Fsp3) is 0.286. The number of para-hydroxylation sites is 1. The van der Waals surface area contributed by atoms with Gasteiger partial charge in [0.05, 0.1) is 17.2 Å². The van der Waals surface area contributed by atoms with Crippen LogP contribution in [0.3, 0.4) is 0 Å². The van der Waals surface area contributed by atoms with Crippen LogP contribution >= 0.6 is 0 Å². The summed E-state index contributed by atoms with van der Waals surface area (Å²) < 4.78 is 12.0. The first-order chi connectivity index (χ1) is 13.5. The molecule has 2 aromatic carbocycles. The molecule has 1 aromatic heterocycles. The first kappa shape index (κ1) is 19.2. The van der Waals surface area contributed by atoms with Gasteiger partial charge in [-0.1, -0.05) is 18.2 Å². The number of nitriles is 1. The van der Waals surface area contributed by atoms with Gasteiger partial charge in [0, 0.05) is 6.54 Å². The molecule has 0 radical (unpaired) electrons. The molecule has 0 spiro atoms. The molecule has 1 N–H and O–H groups in total. The number of aromatic nitrogens is 1. The van der Waals surface area contributed by atoms with Gasteiger partial charge in [0.15, 0.2) is 5.58 Å². The number of carbonyl (C=O) groups excluding carboxylic acids is 1. The van der Waals surface area contributed by atoms with Gasteiger partial charge in [0.25, 0.3) is 0 Å². The quantitative estimate of drug-likeness (QED) is 0.681. The van der Waals surface area contributed by atoms with E-state index in [1.54, 1.807) is 18.2 Å². The van der Waals surface area contributed by atoms with Gasteiger partial charge in [-0.25, -0.2) is 4.79 Å². The number of oxazole rings is 1. The molecule has 0 bridgehead atoms. The van der Waals surface area contributed by atoms with Crippen LogP contribution in [0.25, 0.3) is 11.1 Å². The molecule has 7 heteroatoms. The largest absolute Gasteiger partial charge is 0.491 e. The predicted octanol–water partition coefficient (Wildman–Crippen LogP) is 2.61. The van der Waals surface area contributed by atoms with Crippen LogP contribution in [-0.4, -0.2) is 23.1 Å². The number of rotatable bonds is 7. The predicted molar refractivity (Wildman–Crippen MR) is 104 cm³/mol. The molecule has 0 saturated carbocycles. The molecule has 0 atom stereocenters. The number of hydrogen-bond donors (Lipinski definition) is 1. The Morgan fingerprint density at radius 2 is 2.00 bits per heavy atom. The van der Waals surface area contributed by atoms with E-state index in [0.29, 0.717) is 18.5 Å². The molecular weight excluding hydrogens is 358 g/mol. The van der Waals surface area contributed by atoms with Gasteiger partial charge in [-0.05, 0) is 50.1 Å². The van der Waals surface area contributed by atoms with Gasteiger partial charge < -0.3 is 14.5 Å². The van der Waals surface area contributed by atoms with Crippen molar-refractivity contribution >= 4 is 17.0 Å². The molecule has 3 aromatic rings. The molecular formula is C21H21N3O4. The van der Waals surface area contributed by atoms with Gasteiger partial charge in [-0.3, -0.25) is 9.36 Å². The lowest BCUT2D eigenvalue weighted by Crippen LogP contribution is -2.32. The summed E-state index contributed by atoms with van der Waals surface area (Å²) in [6.07, 6.45) is 0.782. The molecule has 0 aliphatic heterocycles. The fourth-order valence-corrected chi connectivity index (χ4v) is 2.88. The van der Waals surface area contributed by atoms with Crippen LogP contribution in [0, 0.1) is 11.3 Å². The summed E-state index contributed by atoms with van der Waals surface area (Å²) in [5.74, 6) is -0.147. The highest BCUT2D eigenvalue weighted by molar-refractivity contribution is 5.82. The van der Waals surface area contributed by atoms with Gasteiger partial charge in [0.1, 0.15) is 18.4 Å². The Morgan fingerprint density at radius 1 is 1.25 bits per heavy atom. The van der Waals surface area contributed by atoms with Crippen LogP contribution in [0.2, 0.25) is 0 Å². The Kier molecular flexibility index (Phi) is 5.80. The molecule has 1 amide bonds. The normalized spacial score (nSPS) is 10.8. The molecule has 0 fully saturated rings. The van der Waals surface area contributed by atoms with Gasteiger partial charge in [-0.15, -0.1) is 0 Å². The lowest BCUT2D eigenvalue weighted by atomic mass is 10.1. The Morgan fingerprint density at radius 3 is 2.68 bits per heavy atom. The second-order valence-electron chi connectivity index (χ2n) is 6.63.